The van der Waals surface area contributed by atoms with Crippen LogP contribution in [0, 0.1) is 5.92 Å². The molecule has 1 rings (SSSR count). The van der Waals surface area contributed by atoms with Gasteiger partial charge in [-0.25, -0.2) is 0 Å². The van der Waals surface area contributed by atoms with Crippen LogP contribution in [-0.4, -0.2) is 27.3 Å². The molecule has 1 atom stereocenters. The Morgan fingerprint density at radius 1 is 1.18 bits per heavy atom. The molecule has 0 saturated carbocycles. The van der Waals surface area contributed by atoms with Crippen molar-refractivity contribution in [3.8, 4) is 11.5 Å². The predicted octanol–water partition coefficient (Wildman–Crippen LogP) is 2.71. The van der Waals surface area contributed by atoms with Gasteiger partial charge in [0, 0.05) is 0 Å². The molecule has 0 radical (unpaired) electrons. The van der Waals surface area contributed by atoms with Gasteiger partial charge in [-0.2, -0.15) is 0 Å². The molecule has 1 aromatic rings. The lowest BCUT2D eigenvalue weighted by atomic mass is 10.0. The molecule has 0 aliphatic rings. The molecule has 3 nitrogen and oxygen atoms in total. The second-order valence-electron chi connectivity index (χ2n) is 4.14. The highest BCUT2D eigenvalue weighted by molar-refractivity contribution is 5.31. The molecule has 0 amide bonds. The molecule has 1 unspecified atom stereocenters. The molecule has 17 heavy (non-hydrogen) atoms. The van der Waals surface area contributed by atoms with Gasteiger partial charge in [0.15, 0.2) is 0 Å². The SMILES string of the molecule is CCC(CCOc1ccc(OC)cc1)CNC. The first-order chi connectivity index (χ1) is 8.30. The summed E-state index contributed by atoms with van der Waals surface area (Å²) in [5.41, 5.74) is 0. The first-order valence-electron chi connectivity index (χ1n) is 6.21. The lowest BCUT2D eigenvalue weighted by molar-refractivity contribution is 0.272. The van der Waals surface area contributed by atoms with Crippen LogP contribution in [0.3, 0.4) is 0 Å². The number of ether oxygens (including phenoxy) is 2. The third-order valence-electron chi connectivity index (χ3n) is 2.92. The Morgan fingerprint density at radius 3 is 2.35 bits per heavy atom. The van der Waals surface area contributed by atoms with Crippen molar-refractivity contribution in [3.63, 3.8) is 0 Å². The van der Waals surface area contributed by atoms with Gasteiger partial charge in [-0.05, 0) is 50.2 Å². The van der Waals surface area contributed by atoms with Crippen LogP contribution in [0.25, 0.3) is 0 Å². The number of nitrogens with one attached hydrogen (secondary N) is 1. The van der Waals surface area contributed by atoms with E-state index in [9.17, 15) is 0 Å². The molecule has 0 bridgehead atoms. The summed E-state index contributed by atoms with van der Waals surface area (Å²) in [5, 5.41) is 3.21. The first-order valence-corrected chi connectivity index (χ1v) is 6.21. The van der Waals surface area contributed by atoms with Crippen molar-refractivity contribution in [2.45, 2.75) is 19.8 Å². The quantitative estimate of drug-likeness (QED) is 0.754. The van der Waals surface area contributed by atoms with Crippen molar-refractivity contribution in [1.29, 1.82) is 0 Å². The van der Waals surface area contributed by atoms with Crippen LogP contribution < -0.4 is 14.8 Å². The van der Waals surface area contributed by atoms with Gasteiger partial charge in [-0.1, -0.05) is 13.3 Å². The summed E-state index contributed by atoms with van der Waals surface area (Å²) >= 11 is 0. The van der Waals surface area contributed by atoms with Crippen LogP contribution in [0.5, 0.6) is 11.5 Å². The van der Waals surface area contributed by atoms with Crippen LogP contribution in [0.2, 0.25) is 0 Å². The Morgan fingerprint density at radius 2 is 1.82 bits per heavy atom. The summed E-state index contributed by atoms with van der Waals surface area (Å²) in [6.07, 6.45) is 2.27. The number of hydrogen-bond acceptors (Lipinski definition) is 3. The molecule has 0 heterocycles. The van der Waals surface area contributed by atoms with Gasteiger partial charge >= 0.3 is 0 Å². The smallest absolute Gasteiger partial charge is 0.119 e. The molecular weight excluding hydrogens is 214 g/mol. The molecule has 0 saturated heterocycles. The Bertz CT molecular complexity index is 298. The molecule has 0 aliphatic heterocycles. The maximum atomic E-state index is 5.70. The van der Waals surface area contributed by atoms with Crippen molar-refractivity contribution >= 4 is 0 Å². The van der Waals surface area contributed by atoms with E-state index in [4.69, 9.17) is 9.47 Å². The lowest BCUT2D eigenvalue weighted by Crippen LogP contribution is -2.20. The molecule has 0 spiro atoms. The summed E-state index contributed by atoms with van der Waals surface area (Å²) in [6, 6.07) is 7.72. The zero-order chi connectivity index (χ0) is 12.5. The largest absolute Gasteiger partial charge is 0.497 e. The van der Waals surface area contributed by atoms with Crippen molar-refractivity contribution in [3.05, 3.63) is 24.3 Å². The standard InChI is InChI=1S/C14H23NO2/c1-4-12(11-15-2)9-10-17-14-7-5-13(16-3)6-8-14/h5-8,12,15H,4,9-11H2,1-3H3. The summed E-state index contributed by atoms with van der Waals surface area (Å²) in [6.45, 7) is 4.05. The Balaban J connectivity index is 2.29. The summed E-state index contributed by atoms with van der Waals surface area (Å²) in [4.78, 5) is 0. The highest BCUT2D eigenvalue weighted by atomic mass is 16.5. The van der Waals surface area contributed by atoms with Gasteiger partial charge in [0.1, 0.15) is 11.5 Å². The highest BCUT2D eigenvalue weighted by Crippen LogP contribution is 2.17. The van der Waals surface area contributed by atoms with Crippen LogP contribution in [-0.2, 0) is 0 Å². The summed E-state index contributed by atoms with van der Waals surface area (Å²) < 4.78 is 10.8. The normalized spacial score (nSPS) is 12.2. The van der Waals surface area contributed by atoms with E-state index in [2.05, 4.69) is 12.2 Å². The molecule has 1 aromatic carbocycles. The van der Waals surface area contributed by atoms with E-state index in [1.165, 1.54) is 6.42 Å². The minimum Gasteiger partial charge on any atom is -0.497 e. The second-order valence-corrected chi connectivity index (χ2v) is 4.14. The maximum absolute atomic E-state index is 5.70. The van der Waals surface area contributed by atoms with Crippen LogP contribution in [0.1, 0.15) is 19.8 Å². The molecule has 96 valence electrons. The van der Waals surface area contributed by atoms with Gasteiger partial charge in [-0.3, -0.25) is 0 Å². The average molecular weight is 237 g/mol. The van der Waals surface area contributed by atoms with Gasteiger partial charge in [0.2, 0.25) is 0 Å². The highest BCUT2D eigenvalue weighted by Gasteiger charge is 2.05. The van der Waals surface area contributed by atoms with Crippen molar-refractivity contribution < 1.29 is 9.47 Å². The fourth-order valence-corrected chi connectivity index (χ4v) is 1.75. The van der Waals surface area contributed by atoms with Gasteiger partial charge in [-0.15, -0.1) is 0 Å². The Labute approximate surface area is 104 Å². The number of benzene rings is 1. The topological polar surface area (TPSA) is 30.5 Å². The van der Waals surface area contributed by atoms with E-state index in [0.29, 0.717) is 5.92 Å². The molecule has 0 aliphatic carbocycles. The molecule has 3 heteroatoms. The zero-order valence-corrected chi connectivity index (χ0v) is 11.0. The van der Waals surface area contributed by atoms with Gasteiger partial charge in [0.05, 0.1) is 13.7 Å². The average Bonchev–Trinajstić information content (AvgIpc) is 2.38. The summed E-state index contributed by atoms with van der Waals surface area (Å²) in [7, 11) is 3.66. The lowest BCUT2D eigenvalue weighted by Gasteiger charge is -2.14. The minimum atomic E-state index is 0.693. The third-order valence-corrected chi connectivity index (χ3v) is 2.92. The van der Waals surface area contributed by atoms with Crippen molar-refractivity contribution in [1.82, 2.24) is 5.32 Å². The Hall–Kier alpha value is -1.22. The van der Waals surface area contributed by atoms with E-state index in [1.807, 2.05) is 31.3 Å². The number of methoxy groups -OCH3 is 1. The minimum absolute atomic E-state index is 0.693. The zero-order valence-electron chi connectivity index (χ0n) is 11.0. The molecular formula is C14H23NO2. The summed E-state index contributed by atoms with van der Waals surface area (Å²) in [5.74, 6) is 2.46. The number of hydrogen-bond donors (Lipinski definition) is 1. The molecule has 0 aromatic heterocycles. The van der Waals surface area contributed by atoms with E-state index >= 15 is 0 Å². The predicted molar refractivity (Wildman–Crippen MR) is 70.8 cm³/mol. The Kier molecular flexibility index (Phi) is 6.48. The third kappa shape index (κ3) is 5.09. The van der Waals surface area contributed by atoms with Gasteiger partial charge < -0.3 is 14.8 Å². The maximum Gasteiger partial charge on any atom is 0.119 e. The molecule has 1 N–H and O–H groups in total. The number of rotatable bonds is 8. The monoisotopic (exact) mass is 237 g/mol. The first kappa shape index (κ1) is 13.8. The van der Waals surface area contributed by atoms with E-state index < -0.39 is 0 Å². The van der Waals surface area contributed by atoms with E-state index in [-0.39, 0.29) is 0 Å². The van der Waals surface area contributed by atoms with Crippen LogP contribution in [0.4, 0.5) is 0 Å². The fourth-order valence-electron chi connectivity index (χ4n) is 1.75. The van der Waals surface area contributed by atoms with E-state index in [0.717, 1.165) is 31.1 Å². The fraction of sp³-hybridized carbons (Fsp3) is 0.571. The van der Waals surface area contributed by atoms with E-state index in [1.54, 1.807) is 7.11 Å². The van der Waals surface area contributed by atoms with Crippen molar-refractivity contribution in [2.75, 3.05) is 27.3 Å². The second kappa shape index (κ2) is 7.96. The van der Waals surface area contributed by atoms with Crippen LogP contribution >= 0.6 is 0 Å². The van der Waals surface area contributed by atoms with Crippen molar-refractivity contribution in [2.24, 2.45) is 5.92 Å². The van der Waals surface area contributed by atoms with Crippen LogP contribution in [0.15, 0.2) is 24.3 Å². The molecule has 0 fully saturated rings. The van der Waals surface area contributed by atoms with Gasteiger partial charge in [0.25, 0.3) is 0 Å².